The average Bonchev–Trinajstić information content (AvgIpc) is 2.21. The molecule has 0 radical (unpaired) electrons. The van der Waals surface area contributed by atoms with Crippen molar-refractivity contribution in [2.24, 2.45) is 5.92 Å². The number of hydrogen-bond acceptors (Lipinski definition) is 3. The van der Waals surface area contributed by atoms with Gasteiger partial charge in [-0.1, -0.05) is 26.2 Å². The third-order valence-corrected chi connectivity index (χ3v) is 3.34. The van der Waals surface area contributed by atoms with Gasteiger partial charge in [-0.05, 0) is 25.7 Å². The van der Waals surface area contributed by atoms with Crippen molar-refractivity contribution in [1.82, 2.24) is 9.97 Å². The SMILES string of the molecule is CCc1cc(NCCC2CCC2)nc(C)n1. The highest BCUT2D eigenvalue weighted by molar-refractivity contribution is 5.35. The molecule has 1 fully saturated rings. The van der Waals surface area contributed by atoms with E-state index in [-0.39, 0.29) is 0 Å². The van der Waals surface area contributed by atoms with Crippen LogP contribution in [0.15, 0.2) is 6.07 Å². The molecule has 0 bridgehead atoms. The molecule has 0 aliphatic heterocycles. The van der Waals surface area contributed by atoms with E-state index in [2.05, 4.69) is 28.3 Å². The van der Waals surface area contributed by atoms with E-state index < -0.39 is 0 Å². The Balaban J connectivity index is 1.84. The lowest BCUT2D eigenvalue weighted by atomic mass is 9.83. The minimum atomic E-state index is 0.866. The summed E-state index contributed by atoms with van der Waals surface area (Å²) in [5.41, 5.74) is 1.12. The van der Waals surface area contributed by atoms with Gasteiger partial charge in [0.05, 0.1) is 0 Å². The molecule has 1 aliphatic carbocycles. The third-order valence-electron chi connectivity index (χ3n) is 3.34. The minimum Gasteiger partial charge on any atom is -0.370 e. The van der Waals surface area contributed by atoms with Gasteiger partial charge in [0.25, 0.3) is 0 Å². The molecule has 0 aromatic carbocycles. The number of aromatic nitrogens is 2. The first-order valence-corrected chi connectivity index (χ1v) is 6.36. The van der Waals surface area contributed by atoms with Gasteiger partial charge in [-0.25, -0.2) is 9.97 Å². The Hall–Kier alpha value is -1.12. The van der Waals surface area contributed by atoms with Crippen LogP contribution in [0.1, 0.15) is 44.1 Å². The predicted octanol–water partition coefficient (Wildman–Crippen LogP) is 2.95. The van der Waals surface area contributed by atoms with Crippen molar-refractivity contribution >= 4 is 5.82 Å². The van der Waals surface area contributed by atoms with Crippen LogP contribution in [0.25, 0.3) is 0 Å². The first-order valence-electron chi connectivity index (χ1n) is 6.36. The van der Waals surface area contributed by atoms with Crippen molar-refractivity contribution in [1.29, 1.82) is 0 Å². The Kier molecular flexibility index (Phi) is 3.75. The van der Waals surface area contributed by atoms with E-state index in [1.807, 2.05) is 6.92 Å². The summed E-state index contributed by atoms with van der Waals surface area (Å²) in [6.07, 6.45) is 6.53. The van der Waals surface area contributed by atoms with Crippen LogP contribution in [-0.2, 0) is 6.42 Å². The van der Waals surface area contributed by atoms with Crippen LogP contribution in [0.2, 0.25) is 0 Å². The number of nitrogens with zero attached hydrogens (tertiary/aromatic N) is 2. The fraction of sp³-hybridized carbons (Fsp3) is 0.692. The van der Waals surface area contributed by atoms with Gasteiger partial charge in [0, 0.05) is 18.3 Å². The van der Waals surface area contributed by atoms with Crippen molar-refractivity contribution in [3.63, 3.8) is 0 Å². The zero-order valence-electron chi connectivity index (χ0n) is 10.3. The molecular weight excluding hydrogens is 198 g/mol. The number of aryl methyl sites for hydroxylation is 2. The lowest BCUT2D eigenvalue weighted by molar-refractivity contribution is 0.303. The molecule has 1 heterocycles. The summed E-state index contributed by atoms with van der Waals surface area (Å²) < 4.78 is 0. The standard InChI is InChI=1S/C13H21N3/c1-3-12-9-13(16-10(2)15-12)14-8-7-11-5-4-6-11/h9,11H,3-8H2,1-2H3,(H,14,15,16). The fourth-order valence-corrected chi connectivity index (χ4v) is 2.09. The largest absolute Gasteiger partial charge is 0.370 e. The molecule has 3 nitrogen and oxygen atoms in total. The molecule has 16 heavy (non-hydrogen) atoms. The maximum atomic E-state index is 4.40. The van der Waals surface area contributed by atoms with E-state index in [0.29, 0.717) is 0 Å². The van der Waals surface area contributed by atoms with Crippen LogP contribution >= 0.6 is 0 Å². The molecule has 0 atom stereocenters. The van der Waals surface area contributed by atoms with Crippen LogP contribution in [0.3, 0.4) is 0 Å². The zero-order valence-corrected chi connectivity index (χ0v) is 10.3. The highest BCUT2D eigenvalue weighted by Crippen LogP contribution is 2.29. The number of nitrogens with one attached hydrogen (secondary N) is 1. The second-order valence-electron chi connectivity index (χ2n) is 4.66. The Morgan fingerprint density at radius 1 is 1.38 bits per heavy atom. The summed E-state index contributed by atoms with van der Waals surface area (Å²) >= 11 is 0. The maximum absolute atomic E-state index is 4.40. The molecule has 1 aromatic heterocycles. The number of rotatable bonds is 5. The van der Waals surface area contributed by atoms with Gasteiger partial charge in [0.1, 0.15) is 11.6 Å². The highest BCUT2D eigenvalue weighted by atomic mass is 15.0. The van der Waals surface area contributed by atoms with Crippen LogP contribution in [-0.4, -0.2) is 16.5 Å². The van der Waals surface area contributed by atoms with E-state index in [4.69, 9.17) is 0 Å². The van der Waals surface area contributed by atoms with Crippen molar-refractivity contribution in [2.45, 2.75) is 46.0 Å². The van der Waals surface area contributed by atoms with E-state index >= 15 is 0 Å². The van der Waals surface area contributed by atoms with Crippen LogP contribution in [0.4, 0.5) is 5.82 Å². The van der Waals surface area contributed by atoms with E-state index in [1.165, 1.54) is 25.7 Å². The summed E-state index contributed by atoms with van der Waals surface area (Å²) in [6.45, 7) is 5.13. The molecule has 0 saturated heterocycles. The van der Waals surface area contributed by atoms with Crippen LogP contribution in [0, 0.1) is 12.8 Å². The van der Waals surface area contributed by atoms with Crippen molar-refractivity contribution in [3.05, 3.63) is 17.6 Å². The van der Waals surface area contributed by atoms with Gasteiger partial charge in [-0.15, -0.1) is 0 Å². The molecule has 1 aromatic rings. The number of anilines is 1. The van der Waals surface area contributed by atoms with Crippen molar-refractivity contribution in [2.75, 3.05) is 11.9 Å². The Morgan fingerprint density at radius 2 is 2.19 bits per heavy atom. The molecule has 0 unspecified atom stereocenters. The van der Waals surface area contributed by atoms with Crippen molar-refractivity contribution in [3.8, 4) is 0 Å². The summed E-state index contributed by atoms with van der Waals surface area (Å²) in [7, 11) is 0. The molecule has 1 aliphatic rings. The second kappa shape index (κ2) is 5.28. The van der Waals surface area contributed by atoms with E-state index in [0.717, 1.165) is 36.2 Å². The van der Waals surface area contributed by atoms with Gasteiger partial charge >= 0.3 is 0 Å². The normalized spacial score (nSPS) is 15.9. The molecule has 2 rings (SSSR count). The lowest BCUT2D eigenvalue weighted by Crippen LogP contribution is -2.16. The predicted molar refractivity (Wildman–Crippen MR) is 66.6 cm³/mol. The topological polar surface area (TPSA) is 37.8 Å². The Labute approximate surface area is 97.7 Å². The van der Waals surface area contributed by atoms with E-state index in [9.17, 15) is 0 Å². The zero-order chi connectivity index (χ0) is 11.4. The van der Waals surface area contributed by atoms with Gasteiger partial charge in [0.15, 0.2) is 0 Å². The van der Waals surface area contributed by atoms with Gasteiger partial charge in [-0.2, -0.15) is 0 Å². The molecule has 1 saturated carbocycles. The second-order valence-corrected chi connectivity index (χ2v) is 4.66. The summed E-state index contributed by atoms with van der Waals surface area (Å²) in [4.78, 5) is 8.77. The smallest absolute Gasteiger partial charge is 0.129 e. The molecule has 3 heteroatoms. The van der Waals surface area contributed by atoms with Crippen LogP contribution < -0.4 is 5.32 Å². The summed E-state index contributed by atoms with van der Waals surface area (Å²) in [5.74, 6) is 2.82. The quantitative estimate of drug-likeness (QED) is 0.827. The Morgan fingerprint density at radius 3 is 2.81 bits per heavy atom. The molecule has 1 N–H and O–H groups in total. The maximum Gasteiger partial charge on any atom is 0.129 e. The lowest BCUT2D eigenvalue weighted by Gasteiger charge is -2.25. The summed E-state index contributed by atoms with van der Waals surface area (Å²) in [5, 5.41) is 3.41. The first-order chi connectivity index (χ1) is 7.78. The first kappa shape index (κ1) is 11.4. The van der Waals surface area contributed by atoms with Gasteiger partial charge in [0.2, 0.25) is 0 Å². The van der Waals surface area contributed by atoms with Crippen molar-refractivity contribution < 1.29 is 0 Å². The molecular formula is C13H21N3. The third kappa shape index (κ3) is 2.94. The monoisotopic (exact) mass is 219 g/mol. The fourth-order valence-electron chi connectivity index (χ4n) is 2.09. The average molecular weight is 219 g/mol. The Bertz CT molecular complexity index is 345. The van der Waals surface area contributed by atoms with E-state index in [1.54, 1.807) is 0 Å². The van der Waals surface area contributed by atoms with Gasteiger partial charge in [-0.3, -0.25) is 0 Å². The minimum absolute atomic E-state index is 0.866. The molecule has 0 amide bonds. The summed E-state index contributed by atoms with van der Waals surface area (Å²) in [6, 6.07) is 2.06. The van der Waals surface area contributed by atoms with Gasteiger partial charge < -0.3 is 5.32 Å². The highest BCUT2D eigenvalue weighted by Gasteiger charge is 2.16. The molecule has 88 valence electrons. The number of hydrogen-bond donors (Lipinski definition) is 1. The molecule has 0 spiro atoms. The van der Waals surface area contributed by atoms with Crippen LogP contribution in [0.5, 0.6) is 0 Å².